The number of quaternary nitrogens is 1. The van der Waals surface area contributed by atoms with Gasteiger partial charge in [0.05, 0.1) is 40.3 Å². The first-order chi connectivity index (χ1) is 36.1. The summed E-state index contributed by atoms with van der Waals surface area (Å²) in [6, 6.07) is 0. The zero-order valence-corrected chi connectivity index (χ0v) is 50.3. The Kier molecular flexibility index (Phi) is 56.1. The van der Waals surface area contributed by atoms with Gasteiger partial charge in [-0.1, -0.05) is 316 Å². The molecule has 9 heteroatoms. The van der Waals surface area contributed by atoms with E-state index in [0.29, 0.717) is 17.4 Å². The number of ether oxygens (including phenoxy) is 4. The highest BCUT2D eigenvalue weighted by Crippen LogP contribution is 2.19. The lowest BCUT2D eigenvalue weighted by Gasteiger charge is -2.26. The minimum absolute atomic E-state index is 0.153. The van der Waals surface area contributed by atoms with E-state index in [9.17, 15) is 19.5 Å². The number of carbonyl (C=O) groups excluding carboxylic acids is 3. The largest absolute Gasteiger partial charge is 0.545 e. The van der Waals surface area contributed by atoms with Crippen molar-refractivity contribution in [3.05, 3.63) is 0 Å². The molecule has 0 bridgehead atoms. The van der Waals surface area contributed by atoms with Gasteiger partial charge in [-0.25, -0.2) is 0 Å². The summed E-state index contributed by atoms with van der Waals surface area (Å²) in [5, 5.41) is 11.8. The lowest BCUT2D eigenvalue weighted by atomic mass is 10.0. The summed E-state index contributed by atoms with van der Waals surface area (Å²) in [5.41, 5.74) is 0. The molecule has 0 aromatic carbocycles. The quantitative estimate of drug-likeness (QED) is 0.0256. The van der Waals surface area contributed by atoms with Crippen LogP contribution in [-0.4, -0.2) is 82.3 Å². The number of rotatable bonds is 62. The second-order valence-corrected chi connectivity index (χ2v) is 23.8. The number of hydrogen-bond donors (Lipinski definition) is 0. The Hall–Kier alpha value is -1.71. The zero-order valence-electron chi connectivity index (χ0n) is 50.3. The molecular formula is C65H127NO8. The van der Waals surface area contributed by atoms with Crippen molar-refractivity contribution in [2.24, 2.45) is 0 Å². The normalized spacial score (nSPS) is 12.6. The van der Waals surface area contributed by atoms with Crippen LogP contribution < -0.4 is 5.11 Å². The molecule has 0 aliphatic rings. The Morgan fingerprint density at radius 2 is 0.608 bits per heavy atom. The maximum atomic E-state index is 12.9. The summed E-state index contributed by atoms with van der Waals surface area (Å²) in [7, 11) is 5.94. The van der Waals surface area contributed by atoms with Crippen LogP contribution in [-0.2, 0) is 33.3 Å². The summed E-state index contributed by atoms with van der Waals surface area (Å²) in [6.45, 7) is 4.81. The Morgan fingerprint density at radius 1 is 0.351 bits per heavy atom. The molecule has 0 amide bonds. The molecule has 2 atom stereocenters. The fourth-order valence-electron chi connectivity index (χ4n) is 10.1. The molecule has 0 spiro atoms. The van der Waals surface area contributed by atoms with Gasteiger partial charge in [0.25, 0.3) is 0 Å². The summed E-state index contributed by atoms with van der Waals surface area (Å²) < 4.78 is 22.7. The minimum atomic E-state index is -1.61. The average Bonchev–Trinajstić information content (AvgIpc) is 3.37. The predicted molar refractivity (Wildman–Crippen MR) is 311 cm³/mol. The van der Waals surface area contributed by atoms with E-state index in [1.165, 1.54) is 276 Å². The number of unbranched alkanes of at least 4 members (excludes halogenated alkanes) is 47. The van der Waals surface area contributed by atoms with Crippen LogP contribution in [0.3, 0.4) is 0 Å². The van der Waals surface area contributed by atoms with Gasteiger partial charge in [0, 0.05) is 12.8 Å². The van der Waals surface area contributed by atoms with Crippen molar-refractivity contribution < 1.29 is 42.9 Å². The number of aliphatic carboxylic acids is 1. The van der Waals surface area contributed by atoms with Crippen LogP contribution in [0.4, 0.5) is 0 Å². The first-order valence-corrected chi connectivity index (χ1v) is 32.7. The molecule has 74 heavy (non-hydrogen) atoms. The Bertz CT molecular complexity index is 1180. The number of likely N-dealkylation sites (N-methyl/N-ethyl adjacent to an activating group) is 1. The van der Waals surface area contributed by atoms with Gasteiger partial charge < -0.3 is 33.3 Å². The highest BCUT2D eigenvalue weighted by molar-refractivity contribution is 5.70. The molecule has 0 fully saturated rings. The van der Waals surface area contributed by atoms with E-state index < -0.39 is 24.3 Å². The van der Waals surface area contributed by atoms with Crippen molar-refractivity contribution >= 4 is 17.9 Å². The fourth-order valence-corrected chi connectivity index (χ4v) is 10.1. The van der Waals surface area contributed by atoms with Crippen molar-refractivity contribution in [2.75, 3.05) is 47.5 Å². The van der Waals surface area contributed by atoms with Crippen LogP contribution in [0, 0.1) is 0 Å². The van der Waals surface area contributed by atoms with Crippen molar-refractivity contribution in [1.29, 1.82) is 0 Å². The molecule has 0 saturated carbocycles. The maximum Gasteiger partial charge on any atom is 0.306 e. The number of carboxylic acids is 1. The molecule has 0 radical (unpaired) electrons. The maximum absolute atomic E-state index is 12.9. The summed E-state index contributed by atoms with van der Waals surface area (Å²) in [6.07, 6.45) is 63.4. The SMILES string of the molecule is CCCCCCCCCCCCCCCCCCCCCCCCCCCCCCCCCCCCCCC(=O)OC(COC(=O)CCCCCCCCCCCCCCC)COC(OCC[N+](C)(C)C)C(=O)[O-]. The molecular weight excluding hydrogens is 923 g/mol. The Labute approximate surface area is 460 Å². The highest BCUT2D eigenvalue weighted by atomic mass is 16.7. The number of esters is 2. The Balaban J connectivity index is 3.92. The van der Waals surface area contributed by atoms with Crippen LogP contribution >= 0.6 is 0 Å². The second kappa shape index (κ2) is 57.5. The van der Waals surface area contributed by atoms with Gasteiger partial charge in [-0.05, 0) is 12.8 Å². The van der Waals surface area contributed by atoms with Crippen LogP contribution in [0.2, 0.25) is 0 Å². The van der Waals surface area contributed by atoms with Crippen LogP contribution in [0.1, 0.15) is 341 Å². The predicted octanol–water partition coefficient (Wildman–Crippen LogP) is 18.2. The van der Waals surface area contributed by atoms with Crippen LogP contribution in [0.5, 0.6) is 0 Å². The van der Waals surface area contributed by atoms with Gasteiger partial charge in [0.15, 0.2) is 12.4 Å². The second-order valence-electron chi connectivity index (χ2n) is 23.8. The standard InChI is InChI=1S/C65H127NO8/c1-6-8-10-12-14-16-18-20-21-22-23-24-25-26-27-28-29-30-31-32-33-34-35-36-37-38-39-40-41-42-44-46-48-50-52-54-56-63(68)74-61(60-73-65(64(69)70)71-58-57-66(3,4)5)59-72-62(67)55-53-51-49-47-45-43-19-17-15-13-11-9-7-2/h61,65H,6-60H2,1-5H3. The zero-order chi connectivity index (χ0) is 54.1. The van der Waals surface area contributed by atoms with Crippen molar-refractivity contribution in [3.63, 3.8) is 0 Å². The number of hydrogen-bond acceptors (Lipinski definition) is 8. The van der Waals surface area contributed by atoms with E-state index in [1.807, 2.05) is 21.1 Å². The molecule has 0 rings (SSSR count). The molecule has 0 heterocycles. The number of carboxylic acid groups (broad SMARTS) is 1. The van der Waals surface area contributed by atoms with Crippen LogP contribution in [0.25, 0.3) is 0 Å². The van der Waals surface area contributed by atoms with Crippen molar-refractivity contribution in [2.45, 2.75) is 354 Å². The van der Waals surface area contributed by atoms with Gasteiger partial charge in [-0.3, -0.25) is 9.59 Å². The van der Waals surface area contributed by atoms with Gasteiger partial charge in [-0.2, -0.15) is 0 Å². The number of carbonyl (C=O) groups is 3. The van der Waals surface area contributed by atoms with Gasteiger partial charge in [0.1, 0.15) is 13.2 Å². The first-order valence-electron chi connectivity index (χ1n) is 32.7. The monoisotopic (exact) mass is 1050 g/mol. The fraction of sp³-hybridized carbons (Fsp3) is 0.954. The van der Waals surface area contributed by atoms with E-state index in [-0.39, 0.29) is 32.2 Å². The smallest absolute Gasteiger partial charge is 0.306 e. The summed E-state index contributed by atoms with van der Waals surface area (Å²) in [5.74, 6) is -2.25. The minimum Gasteiger partial charge on any atom is -0.545 e. The van der Waals surface area contributed by atoms with E-state index in [2.05, 4.69) is 13.8 Å². The summed E-state index contributed by atoms with van der Waals surface area (Å²) >= 11 is 0. The lowest BCUT2D eigenvalue weighted by molar-refractivity contribution is -0.870. The molecule has 0 N–H and O–H groups in total. The van der Waals surface area contributed by atoms with E-state index in [1.54, 1.807) is 0 Å². The van der Waals surface area contributed by atoms with Crippen molar-refractivity contribution in [3.8, 4) is 0 Å². The third-order valence-corrected chi connectivity index (χ3v) is 15.1. The van der Waals surface area contributed by atoms with Gasteiger partial charge in [0.2, 0.25) is 0 Å². The molecule has 440 valence electrons. The highest BCUT2D eigenvalue weighted by Gasteiger charge is 2.22. The molecule has 2 unspecified atom stereocenters. The third-order valence-electron chi connectivity index (χ3n) is 15.1. The van der Waals surface area contributed by atoms with E-state index in [4.69, 9.17) is 18.9 Å². The number of nitrogens with zero attached hydrogens (tertiary/aromatic N) is 1. The molecule has 0 aromatic rings. The average molecular weight is 1050 g/mol. The van der Waals surface area contributed by atoms with E-state index >= 15 is 0 Å². The first kappa shape index (κ1) is 72.3. The van der Waals surface area contributed by atoms with Gasteiger partial charge in [-0.15, -0.1) is 0 Å². The topological polar surface area (TPSA) is 111 Å². The molecule has 0 aliphatic heterocycles. The van der Waals surface area contributed by atoms with Gasteiger partial charge >= 0.3 is 11.9 Å². The third kappa shape index (κ3) is 58.0. The van der Waals surface area contributed by atoms with Crippen LogP contribution in [0.15, 0.2) is 0 Å². The summed E-state index contributed by atoms with van der Waals surface area (Å²) in [4.78, 5) is 37.2. The molecule has 0 aromatic heterocycles. The molecule has 0 aliphatic carbocycles. The van der Waals surface area contributed by atoms with Crippen molar-refractivity contribution in [1.82, 2.24) is 0 Å². The molecule has 9 nitrogen and oxygen atoms in total. The lowest BCUT2D eigenvalue weighted by Crippen LogP contribution is -2.44. The Morgan fingerprint density at radius 3 is 0.865 bits per heavy atom. The molecule has 0 saturated heterocycles. The van der Waals surface area contributed by atoms with E-state index in [0.717, 1.165) is 38.5 Å².